The van der Waals surface area contributed by atoms with Crippen LogP contribution in [0.2, 0.25) is 0 Å². The smallest absolute Gasteiger partial charge is 0.140 e. The van der Waals surface area contributed by atoms with E-state index in [2.05, 4.69) is 15.0 Å². The van der Waals surface area contributed by atoms with Crippen LogP contribution in [0.3, 0.4) is 0 Å². The number of H-pyrrole nitrogens is 1. The minimum atomic E-state index is 0.726. The number of hydrogen-bond acceptors (Lipinski definition) is 3. The molecule has 0 spiro atoms. The van der Waals surface area contributed by atoms with Crippen molar-refractivity contribution in [1.82, 2.24) is 15.0 Å². The van der Waals surface area contributed by atoms with E-state index >= 15 is 0 Å². The first-order valence-corrected chi connectivity index (χ1v) is 6.41. The fourth-order valence-electron chi connectivity index (χ4n) is 2.45. The minimum Gasteiger partial charge on any atom is -0.399 e. The quantitative estimate of drug-likeness (QED) is 0.516. The Kier molecular flexibility index (Phi) is 2.23. The first-order valence-electron chi connectivity index (χ1n) is 6.41. The third-order valence-corrected chi connectivity index (χ3v) is 3.39. The molecule has 0 bridgehead atoms. The summed E-state index contributed by atoms with van der Waals surface area (Å²) in [7, 11) is 0. The molecule has 0 aliphatic heterocycles. The van der Waals surface area contributed by atoms with Gasteiger partial charge in [-0.15, -0.1) is 0 Å². The Morgan fingerprint density at radius 1 is 1.00 bits per heavy atom. The monoisotopic (exact) mass is 260 g/mol. The van der Waals surface area contributed by atoms with Gasteiger partial charge in [-0.2, -0.15) is 0 Å². The summed E-state index contributed by atoms with van der Waals surface area (Å²) in [5, 5.41) is 1.10. The number of pyridine rings is 1. The van der Waals surface area contributed by atoms with E-state index in [1.54, 1.807) is 6.20 Å². The van der Waals surface area contributed by atoms with Crippen LogP contribution in [0.4, 0.5) is 5.69 Å². The predicted molar refractivity (Wildman–Crippen MR) is 81.2 cm³/mol. The molecule has 2 heterocycles. The van der Waals surface area contributed by atoms with Crippen molar-refractivity contribution in [1.29, 1.82) is 0 Å². The normalized spacial score (nSPS) is 11.2. The van der Waals surface area contributed by atoms with E-state index in [0.717, 1.165) is 39.0 Å². The molecule has 0 fully saturated rings. The molecule has 0 aliphatic carbocycles. The molecular weight excluding hydrogens is 248 g/mol. The van der Waals surface area contributed by atoms with Crippen LogP contribution in [0, 0.1) is 0 Å². The van der Waals surface area contributed by atoms with E-state index in [-0.39, 0.29) is 0 Å². The highest BCUT2D eigenvalue weighted by atomic mass is 14.9. The lowest BCUT2D eigenvalue weighted by molar-refractivity contribution is 1.32. The van der Waals surface area contributed by atoms with Crippen molar-refractivity contribution in [2.75, 3.05) is 5.73 Å². The van der Waals surface area contributed by atoms with Crippen molar-refractivity contribution >= 4 is 27.6 Å². The van der Waals surface area contributed by atoms with Crippen molar-refractivity contribution < 1.29 is 0 Å². The molecule has 0 aliphatic rings. The lowest BCUT2D eigenvalue weighted by Crippen LogP contribution is -1.85. The molecule has 4 nitrogen and oxygen atoms in total. The summed E-state index contributed by atoms with van der Waals surface area (Å²) in [4.78, 5) is 12.4. The molecule has 2 aromatic carbocycles. The van der Waals surface area contributed by atoms with Gasteiger partial charge in [-0.3, -0.25) is 4.98 Å². The van der Waals surface area contributed by atoms with Gasteiger partial charge in [0.15, 0.2) is 0 Å². The number of benzene rings is 2. The lowest BCUT2D eigenvalue weighted by atomic mass is 10.1. The van der Waals surface area contributed by atoms with Crippen LogP contribution in [0.15, 0.2) is 54.7 Å². The number of hydrogen-bond donors (Lipinski definition) is 2. The number of imidazole rings is 1. The Hall–Kier alpha value is -2.88. The topological polar surface area (TPSA) is 67.6 Å². The maximum atomic E-state index is 5.80. The highest BCUT2D eigenvalue weighted by molar-refractivity contribution is 5.93. The largest absolute Gasteiger partial charge is 0.399 e. The van der Waals surface area contributed by atoms with Gasteiger partial charge in [-0.1, -0.05) is 18.2 Å². The molecule has 0 radical (unpaired) electrons. The van der Waals surface area contributed by atoms with Gasteiger partial charge >= 0.3 is 0 Å². The maximum Gasteiger partial charge on any atom is 0.140 e. The highest BCUT2D eigenvalue weighted by Gasteiger charge is 2.09. The molecule has 0 saturated carbocycles. The molecule has 0 saturated heterocycles. The van der Waals surface area contributed by atoms with Gasteiger partial charge in [0.1, 0.15) is 5.82 Å². The molecule has 4 aromatic rings. The number of nitrogens with one attached hydrogen (secondary N) is 1. The fraction of sp³-hybridized carbons (Fsp3) is 0. The van der Waals surface area contributed by atoms with E-state index in [0.29, 0.717) is 0 Å². The van der Waals surface area contributed by atoms with Crippen LogP contribution in [0.25, 0.3) is 33.3 Å². The summed E-state index contributed by atoms with van der Waals surface area (Å²) in [5.74, 6) is 0.815. The molecule has 0 unspecified atom stereocenters. The number of fused-ring (bicyclic) bond motifs is 2. The van der Waals surface area contributed by atoms with Gasteiger partial charge in [0.05, 0.1) is 16.6 Å². The van der Waals surface area contributed by atoms with E-state index < -0.39 is 0 Å². The maximum absolute atomic E-state index is 5.80. The number of rotatable bonds is 1. The van der Waals surface area contributed by atoms with Crippen molar-refractivity contribution in [3.05, 3.63) is 54.7 Å². The SMILES string of the molecule is Nc1ccc2nc(-c3cccc4cccnc34)[nH]c2c1. The minimum absolute atomic E-state index is 0.726. The van der Waals surface area contributed by atoms with Crippen molar-refractivity contribution in [2.45, 2.75) is 0 Å². The number of nitrogens with zero attached hydrogens (tertiary/aromatic N) is 2. The summed E-state index contributed by atoms with van der Waals surface area (Å²) >= 11 is 0. The summed E-state index contributed by atoms with van der Waals surface area (Å²) < 4.78 is 0. The third kappa shape index (κ3) is 1.62. The van der Waals surface area contributed by atoms with Crippen LogP contribution >= 0.6 is 0 Å². The number of aromatic amines is 1. The third-order valence-electron chi connectivity index (χ3n) is 3.39. The first kappa shape index (κ1) is 11.0. The Balaban J connectivity index is 2.01. The number of para-hydroxylation sites is 1. The summed E-state index contributed by atoms with van der Waals surface area (Å²) in [6.07, 6.45) is 1.80. The van der Waals surface area contributed by atoms with E-state index in [4.69, 9.17) is 5.73 Å². The zero-order valence-corrected chi connectivity index (χ0v) is 10.7. The second-order valence-electron chi connectivity index (χ2n) is 4.74. The molecule has 2 aromatic heterocycles. The highest BCUT2D eigenvalue weighted by Crippen LogP contribution is 2.27. The van der Waals surface area contributed by atoms with E-state index in [1.807, 2.05) is 48.5 Å². The Bertz CT molecular complexity index is 919. The number of nitrogens with two attached hydrogens (primary N) is 1. The number of anilines is 1. The fourth-order valence-corrected chi connectivity index (χ4v) is 2.45. The lowest BCUT2D eigenvalue weighted by Gasteiger charge is -2.01. The second kappa shape index (κ2) is 4.06. The van der Waals surface area contributed by atoms with Gasteiger partial charge in [-0.05, 0) is 30.3 Å². The molecule has 0 amide bonds. The zero-order valence-electron chi connectivity index (χ0n) is 10.7. The summed E-state index contributed by atoms with van der Waals surface area (Å²) in [6, 6.07) is 15.7. The second-order valence-corrected chi connectivity index (χ2v) is 4.74. The standard InChI is InChI=1S/C16H12N4/c17-11-6-7-13-14(9-11)20-16(19-13)12-5-1-3-10-4-2-8-18-15(10)12/h1-9H,17H2,(H,19,20). The molecular formula is C16H12N4. The van der Waals surface area contributed by atoms with Gasteiger partial charge in [-0.25, -0.2) is 4.98 Å². The van der Waals surface area contributed by atoms with Gasteiger partial charge in [0, 0.05) is 22.8 Å². The predicted octanol–water partition coefficient (Wildman–Crippen LogP) is 3.36. The van der Waals surface area contributed by atoms with Crippen LogP contribution in [-0.2, 0) is 0 Å². The molecule has 96 valence electrons. The molecule has 4 rings (SSSR count). The Morgan fingerprint density at radius 3 is 2.85 bits per heavy atom. The van der Waals surface area contributed by atoms with Crippen molar-refractivity contribution in [3.63, 3.8) is 0 Å². The average molecular weight is 260 g/mol. The molecule has 20 heavy (non-hydrogen) atoms. The van der Waals surface area contributed by atoms with Crippen LogP contribution in [0.5, 0.6) is 0 Å². The Morgan fingerprint density at radius 2 is 1.90 bits per heavy atom. The van der Waals surface area contributed by atoms with Crippen molar-refractivity contribution in [3.8, 4) is 11.4 Å². The zero-order chi connectivity index (χ0) is 13.5. The average Bonchev–Trinajstić information content (AvgIpc) is 2.89. The van der Waals surface area contributed by atoms with Crippen LogP contribution in [0.1, 0.15) is 0 Å². The van der Waals surface area contributed by atoms with E-state index in [9.17, 15) is 0 Å². The van der Waals surface area contributed by atoms with Gasteiger partial charge in [0.2, 0.25) is 0 Å². The molecule has 3 N–H and O–H groups in total. The Labute approximate surface area is 115 Å². The van der Waals surface area contributed by atoms with Gasteiger partial charge < -0.3 is 10.7 Å². The van der Waals surface area contributed by atoms with Crippen molar-refractivity contribution in [2.24, 2.45) is 0 Å². The van der Waals surface area contributed by atoms with E-state index in [1.165, 1.54) is 0 Å². The number of nitrogen functional groups attached to an aromatic ring is 1. The van der Waals surface area contributed by atoms with Crippen LogP contribution < -0.4 is 5.73 Å². The van der Waals surface area contributed by atoms with Gasteiger partial charge in [0.25, 0.3) is 0 Å². The summed E-state index contributed by atoms with van der Waals surface area (Å²) in [5.41, 5.74) is 10.3. The first-order chi connectivity index (χ1) is 9.81. The number of aromatic nitrogens is 3. The van der Waals surface area contributed by atoms with Crippen LogP contribution in [-0.4, -0.2) is 15.0 Å². The molecule has 0 atom stereocenters. The molecule has 4 heteroatoms. The summed E-state index contributed by atoms with van der Waals surface area (Å²) in [6.45, 7) is 0.